The Morgan fingerprint density at radius 3 is 2.83 bits per heavy atom. The van der Waals surface area contributed by atoms with Crippen molar-refractivity contribution in [3.63, 3.8) is 0 Å². The summed E-state index contributed by atoms with van der Waals surface area (Å²) in [6.07, 6.45) is 7.77. The number of pyridine rings is 1. The van der Waals surface area contributed by atoms with Crippen molar-refractivity contribution in [2.45, 2.75) is 25.3 Å². The zero-order chi connectivity index (χ0) is 16.7. The second kappa shape index (κ2) is 9.01. The number of hydrogen-bond acceptors (Lipinski definition) is 4. The van der Waals surface area contributed by atoms with E-state index in [1.807, 2.05) is 11.0 Å². The summed E-state index contributed by atoms with van der Waals surface area (Å²) >= 11 is 5.74. The van der Waals surface area contributed by atoms with Gasteiger partial charge in [0.25, 0.3) is 0 Å². The van der Waals surface area contributed by atoms with E-state index in [0.29, 0.717) is 11.2 Å². The minimum atomic E-state index is 0.0383. The molecular formula is C17H24ClN3O2. The Bertz CT molecular complexity index is 525. The van der Waals surface area contributed by atoms with Crippen molar-refractivity contribution in [2.24, 2.45) is 0 Å². The van der Waals surface area contributed by atoms with Crippen LogP contribution in [0.5, 0.6) is 0 Å². The molecule has 5 nitrogen and oxygen atoms in total. The number of piperidine rings is 1. The van der Waals surface area contributed by atoms with E-state index >= 15 is 0 Å². The third-order valence-electron chi connectivity index (χ3n) is 4.24. The second-order valence-electron chi connectivity index (χ2n) is 5.86. The molecule has 0 saturated carbocycles. The second-order valence-corrected chi connectivity index (χ2v) is 6.25. The quantitative estimate of drug-likeness (QED) is 0.637. The molecular weight excluding hydrogens is 314 g/mol. The van der Waals surface area contributed by atoms with Crippen molar-refractivity contribution in [3.8, 4) is 0 Å². The van der Waals surface area contributed by atoms with Crippen LogP contribution in [0.1, 0.15) is 24.8 Å². The van der Waals surface area contributed by atoms with Crippen molar-refractivity contribution in [3.05, 3.63) is 35.1 Å². The van der Waals surface area contributed by atoms with Crippen LogP contribution in [0.25, 0.3) is 6.08 Å². The molecule has 0 bridgehead atoms. The number of hydrogen-bond donors (Lipinski definition) is 1. The van der Waals surface area contributed by atoms with Crippen molar-refractivity contribution < 1.29 is 9.90 Å². The lowest BCUT2D eigenvalue weighted by Gasteiger charge is -2.36. The Labute approximate surface area is 142 Å². The average molecular weight is 338 g/mol. The Morgan fingerprint density at radius 1 is 1.48 bits per heavy atom. The lowest BCUT2D eigenvalue weighted by atomic mass is 10.0. The first-order valence-corrected chi connectivity index (χ1v) is 8.37. The number of carbonyl (C=O) groups is 1. The molecule has 0 aliphatic carbocycles. The number of aromatic nitrogens is 1. The van der Waals surface area contributed by atoms with E-state index in [4.69, 9.17) is 16.7 Å². The van der Waals surface area contributed by atoms with Crippen LogP contribution < -0.4 is 0 Å². The van der Waals surface area contributed by atoms with Crippen LogP contribution in [0, 0.1) is 0 Å². The van der Waals surface area contributed by atoms with E-state index in [2.05, 4.69) is 16.9 Å². The molecule has 2 heterocycles. The predicted octanol–water partition coefficient (Wildman–Crippen LogP) is 2.05. The maximum absolute atomic E-state index is 12.2. The molecule has 0 aromatic carbocycles. The molecule has 0 spiro atoms. The summed E-state index contributed by atoms with van der Waals surface area (Å²) in [6.45, 7) is 2.68. The van der Waals surface area contributed by atoms with Gasteiger partial charge < -0.3 is 14.9 Å². The Balaban J connectivity index is 1.80. The van der Waals surface area contributed by atoms with E-state index in [9.17, 15) is 4.79 Å². The molecule has 0 atom stereocenters. The maximum atomic E-state index is 12.2. The SMILES string of the molecule is CN(CCCO)C1CCN(C(=O)/C=C/c2ccc(Cl)nc2)CC1. The average Bonchev–Trinajstić information content (AvgIpc) is 2.59. The fraction of sp³-hybridized carbons (Fsp3) is 0.529. The van der Waals surface area contributed by atoms with E-state index in [0.717, 1.165) is 44.5 Å². The lowest BCUT2D eigenvalue weighted by molar-refractivity contribution is -0.127. The summed E-state index contributed by atoms with van der Waals surface area (Å²) in [5, 5.41) is 9.34. The predicted molar refractivity (Wildman–Crippen MR) is 92.2 cm³/mol. The van der Waals surface area contributed by atoms with Gasteiger partial charge in [-0.2, -0.15) is 0 Å². The van der Waals surface area contributed by atoms with E-state index in [1.165, 1.54) is 0 Å². The number of likely N-dealkylation sites (tertiary alicyclic amines) is 1. The number of rotatable bonds is 6. The van der Waals surface area contributed by atoms with Gasteiger partial charge in [-0.05, 0) is 44.0 Å². The fourth-order valence-corrected chi connectivity index (χ4v) is 2.90. The number of aliphatic hydroxyl groups is 1. The largest absolute Gasteiger partial charge is 0.396 e. The monoisotopic (exact) mass is 337 g/mol. The molecule has 1 aromatic heterocycles. The molecule has 1 aliphatic rings. The van der Waals surface area contributed by atoms with Gasteiger partial charge in [-0.3, -0.25) is 4.79 Å². The summed E-state index contributed by atoms with van der Waals surface area (Å²) in [4.78, 5) is 20.4. The molecule has 0 radical (unpaired) electrons. The zero-order valence-corrected chi connectivity index (χ0v) is 14.2. The molecule has 2 rings (SSSR count). The molecule has 0 unspecified atom stereocenters. The summed E-state index contributed by atoms with van der Waals surface area (Å²) in [5.41, 5.74) is 0.862. The zero-order valence-electron chi connectivity index (χ0n) is 13.5. The van der Waals surface area contributed by atoms with Crippen LogP contribution in [-0.4, -0.2) is 65.1 Å². The van der Waals surface area contributed by atoms with Gasteiger partial charge in [0.2, 0.25) is 5.91 Å². The van der Waals surface area contributed by atoms with Gasteiger partial charge in [-0.1, -0.05) is 17.7 Å². The highest BCUT2D eigenvalue weighted by molar-refractivity contribution is 6.29. The molecule has 23 heavy (non-hydrogen) atoms. The standard InChI is InChI=1S/C17H24ClN3O2/c1-20(9-2-12-22)15-7-10-21(11-8-15)17(23)6-4-14-3-5-16(18)19-13-14/h3-6,13,15,22H,2,7-12H2,1H3/b6-4+. The number of aliphatic hydroxyl groups excluding tert-OH is 1. The molecule has 1 saturated heterocycles. The van der Waals surface area contributed by atoms with Gasteiger partial charge in [-0.25, -0.2) is 4.98 Å². The smallest absolute Gasteiger partial charge is 0.246 e. The van der Waals surface area contributed by atoms with E-state index < -0.39 is 0 Å². The minimum Gasteiger partial charge on any atom is -0.396 e. The maximum Gasteiger partial charge on any atom is 0.246 e. The summed E-state index contributed by atoms with van der Waals surface area (Å²) in [5.74, 6) is 0.0383. The van der Waals surface area contributed by atoms with Crippen molar-refractivity contribution >= 4 is 23.6 Å². The van der Waals surface area contributed by atoms with Gasteiger partial charge in [0.1, 0.15) is 5.15 Å². The van der Waals surface area contributed by atoms with Crippen LogP contribution in [0.4, 0.5) is 0 Å². The highest BCUT2D eigenvalue weighted by atomic mass is 35.5. The summed E-state index contributed by atoms with van der Waals surface area (Å²) in [6, 6.07) is 4.04. The number of amides is 1. The van der Waals surface area contributed by atoms with Crippen molar-refractivity contribution in [1.82, 2.24) is 14.8 Å². The molecule has 1 aliphatic heterocycles. The number of carbonyl (C=O) groups excluding carboxylic acids is 1. The van der Waals surface area contributed by atoms with E-state index in [-0.39, 0.29) is 12.5 Å². The first-order chi connectivity index (χ1) is 11.1. The molecule has 1 amide bonds. The van der Waals surface area contributed by atoms with Gasteiger partial charge in [0.15, 0.2) is 0 Å². The third-order valence-corrected chi connectivity index (χ3v) is 4.46. The van der Waals surface area contributed by atoms with Crippen LogP contribution in [0.2, 0.25) is 5.15 Å². The van der Waals surface area contributed by atoms with Crippen molar-refractivity contribution in [1.29, 1.82) is 0 Å². The van der Waals surface area contributed by atoms with Gasteiger partial charge in [0, 0.05) is 44.6 Å². The number of halogens is 1. The van der Waals surface area contributed by atoms with Gasteiger partial charge >= 0.3 is 0 Å². The molecule has 1 fully saturated rings. The van der Waals surface area contributed by atoms with Crippen LogP contribution in [0.3, 0.4) is 0 Å². The summed E-state index contributed by atoms with van der Waals surface area (Å²) < 4.78 is 0. The molecule has 1 aromatic rings. The molecule has 126 valence electrons. The highest BCUT2D eigenvalue weighted by Gasteiger charge is 2.23. The Kier molecular flexibility index (Phi) is 7.02. The Morgan fingerprint density at radius 2 is 2.22 bits per heavy atom. The normalized spacial score (nSPS) is 16.4. The lowest BCUT2D eigenvalue weighted by Crippen LogP contribution is -2.45. The van der Waals surface area contributed by atoms with Crippen LogP contribution in [0.15, 0.2) is 24.4 Å². The van der Waals surface area contributed by atoms with Crippen LogP contribution >= 0.6 is 11.6 Å². The fourth-order valence-electron chi connectivity index (χ4n) is 2.79. The third kappa shape index (κ3) is 5.61. The van der Waals surface area contributed by atoms with Crippen molar-refractivity contribution in [2.75, 3.05) is 33.3 Å². The highest BCUT2D eigenvalue weighted by Crippen LogP contribution is 2.16. The van der Waals surface area contributed by atoms with Crippen LogP contribution in [-0.2, 0) is 4.79 Å². The van der Waals surface area contributed by atoms with Gasteiger partial charge in [-0.15, -0.1) is 0 Å². The Hall–Kier alpha value is -1.43. The molecule has 1 N–H and O–H groups in total. The molecule has 6 heteroatoms. The topological polar surface area (TPSA) is 56.7 Å². The van der Waals surface area contributed by atoms with E-state index in [1.54, 1.807) is 24.4 Å². The van der Waals surface area contributed by atoms with Gasteiger partial charge in [0.05, 0.1) is 0 Å². The minimum absolute atomic E-state index is 0.0383. The first-order valence-electron chi connectivity index (χ1n) is 8.00. The summed E-state index contributed by atoms with van der Waals surface area (Å²) in [7, 11) is 2.09. The number of nitrogens with zero attached hydrogens (tertiary/aromatic N) is 3. The first kappa shape index (κ1) is 17.9.